The number of carbonyl (C=O) groups excluding carboxylic acids is 1. The molecule has 0 spiro atoms. The van der Waals surface area contributed by atoms with Crippen molar-refractivity contribution in [3.05, 3.63) is 53.3 Å². The SMILES string of the molecule is COc1ccc(C)cc1NC(=O)c1cccc(C#N)n1. The summed E-state index contributed by atoms with van der Waals surface area (Å²) in [6, 6.07) is 12.1. The van der Waals surface area contributed by atoms with E-state index in [4.69, 9.17) is 10.00 Å². The van der Waals surface area contributed by atoms with E-state index in [2.05, 4.69) is 10.3 Å². The predicted octanol–water partition coefficient (Wildman–Crippen LogP) is 2.52. The molecule has 1 amide bonds. The summed E-state index contributed by atoms with van der Waals surface area (Å²) in [5, 5.41) is 11.5. The van der Waals surface area contributed by atoms with Gasteiger partial charge in [0, 0.05) is 0 Å². The van der Waals surface area contributed by atoms with Crippen molar-refractivity contribution >= 4 is 11.6 Å². The Bertz CT molecular complexity index is 690. The number of benzene rings is 1. The number of hydrogen-bond donors (Lipinski definition) is 1. The van der Waals surface area contributed by atoms with Gasteiger partial charge in [-0.15, -0.1) is 0 Å². The number of hydrogen-bond acceptors (Lipinski definition) is 4. The number of rotatable bonds is 3. The number of aromatic nitrogens is 1. The Hall–Kier alpha value is -2.87. The third-order valence-corrected chi connectivity index (χ3v) is 2.70. The van der Waals surface area contributed by atoms with E-state index < -0.39 is 0 Å². The Labute approximate surface area is 116 Å². The van der Waals surface area contributed by atoms with Crippen molar-refractivity contribution in [2.75, 3.05) is 12.4 Å². The number of aryl methyl sites for hydroxylation is 1. The van der Waals surface area contributed by atoms with Crippen LogP contribution in [0.3, 0.4) is 0 Å². The fourth-order valence-corrected chi connectivity index (χ4v) is 1.73. The largest absolute Gasteiger partial charge is 0.495 e. The lowest BCUT2D eigenvalue weighted by Crippen LogP contribution is -2.14. The van der Waals surface area contributed by atoms with Crippen LogP contribution >= 0.6 is 0 Å². The smallest absolute Gasteiger partial charge is 0.274 e. The van der Waals surface area contributed by atoms with Gasteiger partial charge in [0.1, 0.15) is 23.2 Å². The molecular weight excluding hydrogens is 254 g/mol. The number of nitrogens with zero attached hydrogens (tertiary/aromatic N) is 2. The molecule has 2 rings (SSSR count). The Kier molecular flexibility index (Phi) is 3.96. The second-order valence-corrected chi connectivity index (χ2v) is 4.18. The van der Waals surface area contributed by atoms with Crippen molar-refractivity contribution in [1.82, 2.24) is 4.98 Å². The van der Waals surface area contributed by atoms with Crippen LogP contribution < -0.4 is 10.1 Å². The van der Waals surface area contributed by atoms with Gasteiger partial charge in [-0.3, -0.25) is 4.79 Å². The van der Waals surface area contributed by atoms with Crippen molar-refractivity contribution in [2.24, 2.45) is 0 Å². The molecule has 100 valence electrons. The first kappa shape index (κ1) is 13.6. The highest BCUT2D eigenvalue weighted by Gasteiger charge is 2.11. The first-order valence-corrected chi connectivity index (χ1v) is 5.97. The Balaban J connectivity index is 2.27. The molecule has 1 N–H and O–H groups in total. The normalized spacial score (nSPS) is 9.65. The molecule has 2 aromatic rings. The van der Waals surface area contributed by atoms with Crippen LogP contribution in [0.2, 0.25) is 0 Å². The number of nitriles is 1. The van der Waals surface area contributed by atoms with Crippen LogP contribution in [0.5, 0.6) is 5.75 Å². The maximum Gasteiger partial charge on any atom is 0.274 e. The highest BCUT2D eigenvalue weighted by molar-refractivity contribution is 6.03. The first-order valence-electron chi connectivity index (χ1n) is 5.97. The summed E-state index contributed by atoms with van der Waals surface area (Å²) in [7, 11) is 1.54. The monoisotopic (exact) mass is 267 g/mol. The average Bonchev–Trinajstić information content (AvgIpc) is 2.47. The van der Waals surface area contributed by atoms with Gasteiger partial charge in [0.25, 0.3) is 5.91 Å². The molecule has 0 radical (unpaired) electrons. The van der Waals surface area contributed by atoms with E-state index in [0.29, 0.717) is 11.4 Å². The summed E-state index contributed by atoms with van der Waals surface area (Å²) in [6.45, 7) is 1.92. The van der Waals surface area contributed by atoms with E-state index in [1.54, 1.807) is 24.3 Å². The minimum atomic E-state index is -0.383. The van der Waals surface area contributed by atoms with Gasteiger partial charge in [0.15, 0.2) is 0 Å². The van der Waals surface area contributed by atoms with Gasteiger partial charge >= 0.3 is 0 Å². The first-order chi connectivity index (χ1) is 9.63. The van der Waals surface area contributed by atoms with E-state index in [1.807, 2.05) is 25.1 Å². The Morgan fingerprint density at radius 1 is 1.35 bits per heavy atom. The zero-order valence-electron chi connectivity index (χ0n) is 11.2. The molecule has 0 aliphatic heterocycles. The Morgan fingerprint density at radius 2 is 2.15 bits per heavy atom. The molecule has 0 atom stereocenters. The number of ether oxygens (including phenoxy) is 1. The molecule has 0 saturated heterocycles. The van der Waals surface area contributed by atoms with E-state index in [0.717, 1.165) is 5.56 Å². The van der Waals surface area contributed by atoms with Crippen LogP contribution in [-0.4, -0.2) is 18.0 Å². The van der Waals surface area contributed by atoms with Crippen LogP contribution in [0.15, 0.2) is 36.4 Å². The van der Waals surface area contributed by atoms with Gasteiger partial charge in [0.05, 0.1) is 12.8 Å². The van der Waals surface area contributed by atoms with E-state index in [1.165, 1.54) is 7.11 Å². The lowest BCUT2D eigenvalue weighted by atomic mass is 10.2. The number of amides is 1. The molecule has 0 fully saturated rings. The van der Waals surface area contributed by atoms with Gasteiger partial charge in [-0.25, -0.2) is 4.98 Å². The van der Waals surface area contributed by atoms with Crippen molar-refractivity contribution < 1.29 is 9.53 Å². The Morgan fingerprint density at radius 3 is 2.85 bits per heavy atom. The van der Waals surface area contributed by atoms with Crippen molar-refractivity contribution in [1.29, 1.82) is 5.26 Å². The summed E-state index contributed by atoms with van der Waals surface area (Å²) < 4.78 is 5.19. The summed E-state index contributed by atoms with van der Waals surface area (Å²) >= 11 is 0. The fraction of sp³-hybridized carbons (Fsp3) is 0.133. The fourth-order valence-electron chi connectivity index (χ4n) is 1.73. The topological polar surface area (TPSA) is 75.0 Å². The minimum absolute atomic E-state index is 0.188. The van der Waals surface area contributed by atoms with Crippen molar-refractivity contribution in [2.45, 2.75) is 6.92 Å². The van der Waals surface area contributed by atoms with Crippen LogP contribution in [-0.2, 0) is 0 Å². The number of anilines is 1. The average molecular weight is 267 g/mol. The van der Waals surface area contributed by atoms with E-state index in [-0.39, 0.29) is 17.3 Å². The molecule has 0 aliphatic rings. The van der Waals surface area contributed by atoms with E-state index in [9.17, 15) is 4.79 Å². The van der Waals surface area contributed by atoms with Crippen LogP contribution in [0, 0.1) is 18.3 Å². The quantitative estimate of drug-likeness (QED) is 0.927. The summed E-state index contributed by atoms with van der Waals surface area (Å²) in [4.78, 5) is 16.1. The van der Waals surface area contributed by atoms with Crippen LogP contribution in [0.25, 0.3) is 0 Å². The second-order valence-electron chi connectivity index (χ2n) is 4.18. The number of carbonyl (C=O) groups is 1. The predicted molar refractivity (Wildman–Crippen MR) is 74.6 cm³/mol. The highest BCUT2D eigenvalue weighted by atomic mass is 16.5. The van der Waals surface area contributed by atoms with Crippen molar-refractivity contribution in [3.8, 4) is 11.8 Å². The van der Waals surface area contributed by atoms with Crippen LogP contribution in [0.1, 0.15) is 21.7 Å². The van der Waals surface area contributed by atoms with Gasteiger partial charge in [-0.1, -0.05) is 12.1 Å². The third-order valence-electron chi connectivity index (χ3n) is 2.70. The lowest BCUT2D eigenvalue weighted by Gasteiger charge is -2.10. The van der Waals surface area contributed by atoms with Gasteiger partial charge in [0.2, 0.25) is 0 Å². The summed E-state index contributed by atoms with van der Waals surface area (Å²) in [5.74, 6) is 0.186. The molecule has 5 nitrogen and oxygen atoms in total. The lowest BCUT2D eigenvalue weighted by molar-refractivity contribution is 0.102. The summed E-state index contributed by atoms with van der Waals surface area (Å²) in [6.07, 6.45) is 0. The molecule has 20 heavy (non-hydrogen) atoms. The maximum atomic E-state index is 12.1. The zero-order valence-corrected chi connectivity index (χ0v) is 11.2. The molecule has 0 bridgehead atoms. The van der Waals surface area contributed by atoms with Gasteiger partial charge in [-0.05, 0) is 36.8 Å². The molecule has 0 unspecified atom stereocenters. The number of methoxy groups -OCH3 is 1. The molecular formula is C15H13N3O2. The van der Waals surface area contributed by atoms with Crippen molar-refractivity contribution in [3.63, 3.8) is 0 Å². The maximum absolute atomic E-state index is 12.1. The number of pyridine rings is 1. The molecule has 0 saturated carbocycles. The molecule has 5 heteroatoms. The third kappa shape index (κ3) is 2.93. The zero-order chi connectivity index (χ0) is 14.5. The van der Waals surface area contributed by atoms with E-state index >= 15 is 0 Å². The standard InChI is InChI=1S/C15H13N3O2/c1-10-6-7-14(20-2)13(8-10)18-15(19)12-5-3-4-11(9-16)17-12/h3-8H,1-2H3,(H,18,19). The highest BCUT2D eigenvalue weighted by Crippen LogP contribution is 2.25. The second kappa shape index (κ2) is 5.85. The minimum Gasteiger partial charge on any atom is -0.495 e. The van der Waals surface area contributed by atoms with Gasteiger partial charge in [-0.2, -0.15) is 5.26 Å². The van der Waals surface area contributed by atoms with Gasteiger partial charge < -0.3 is 10.1 Å². The molecule has 1 aromatic heterocycles. The molecule has 0 aliphatic carbocycles. The number of nitrogens with one attached hydrogen (secondary N) is 1. The molecule has 1 aromatic carbocycles. The van der Waals surface area contributed by atoms with Crippen LogP contribution in [0.4, 0.5) is 5.69 Å². The summed E-state index contributed by atoms with van der Waals surface area (Å²) in [5.41, 5.74) is 1.96. The molecule has 1 heterocycles.